The van der Waals surface area contributed by atoms with Crippen LogP contribution in [0.15, 0.2) is 75.3 Å². The van der Waals surface area contributed by atoms with Gasteiger partial charge in [-0.05, 0) is 41.8 Å². The molecule has 1 aliphatic rings. The number of halogens is 2. The largest absolute Gasteiger partial charge is 0.367 e. The molecule has 0 aliphatic heterocycles. The van der Waals surface area contributed by atoms with Crippen LogP contribution in [-0.2, 0) is 0 Å². The van der Waals surface area contributed by atoms with E-state index in [1.54, 1.807) is 24.3 Å². The molecule has 0 radical (unpaired) electrons. The molecular weight excluding hydrogens is 300 g/mol. The van der Waals surface area contributed by atoms with Gasteiger partial charge < -0.3 is 5.73 Å². The Morgan fingerprint density at radius 3 is 2.70 bits per heavy atom. The molecule has 0 fully saturated rings. The van der Waals surface area contributed by atoms with E-state index in [-0.39, 0.29) is 17.6 Å². The topological polar surface area (TPSA) is 75.1 Å². The van der Waals surface area contributed by atoms with Crippen LogP contribution in [0.3, 0.4) is 0 Å². The molecule has 3 N–H and O–H groups in total. The van der Waals surface area contributed by atoms with Crippen LogP contribution in [0, 0.1) is 5.82 Å². The van der Waals surface area contributed by atoms with Crippen LogP contribution < -0.4 is 11.2 Å². The summed E-state index contributed by atoms with van der Waals surface area (Å²) in [7, 11) is 0. The Kier molecular flexibility index (Phi) is 5.93. The van der Waals surface area contributed by atoms with Gasteiger partial charge in [-0.15, -0.1) is 5.10 Å². The molecular formula is C16H15F2N5. The smallest absolute Gasteiger partial charge is 0.234 e. The summed E-state index contributed by atoms with van der Waals surface area (Å²) in [5.74, 6) is -0.637. The van der Waals surface area contributed by atoms with E-state index < -0.39 is 0 Å². The number of benzene rings is 1. The Balaban J connectivity index is 1.86. The third-order valence-corrected chi connectivity index (χ3v) is 2.74. The molecule has 0 bridgehead atoms. The van der Waals surface area contributed by atoms with E-state index in [9.17, 15) is 8.78 Å². The fraction of sp³-hybridized carbons (Fsp3) is 0.0625. The molecule has 0 unspecified atom stereocenters. The third kappa shape index (κ3) is 6.04. The lowest BCUT2D eigenvalue weighted by molar-refractivity contribution is 0.628. The van der Waals surface area contributed by atoms with Crippen molar-refractivity contribution in [3.05, 3.63) is 71.4 Å². The van der Waals surface area contributed by atoms with Crippen molar-refractivity contribution in [2.75, 3.05) is 0 Å². The first kappa shape index (κ1) is 16.3. The molecule has 2 rings (SSSR count). The number of nitrogens with two attached hydrogens (primary N) is 1. The molecule has 5 nitrogen and oxygen atoms in total. The van der Waals surface area contributed by atoms with Crippen molar-refractivity contribution in [2.45, 2.75) is 6.42 Å². The zero-order chi connectivity index (χ0) is 16.5. The monoisotopic (exact) mass is 315 g/mol. The number of nitrogens with one attached hydrogen (secondary N) is 1. The summed E-state index contributed by atoms with van der Waals surface area (Å²) < 4.78 is 25.7. The molecule has 23 heavy (non-hydrogen) atoms. The summed E-state index contributed by atoms with van der Waals surface area (Å²) in [5, 5.41) is 11.3. The maximum absolute atomic E-state index is 13.0. The van der Waals surface area contributed by atoms with E-state index in [4.69, 9.17) is 5.73 Å². The van der Waals surface area contributed by atoms with E-state index in [0.29, 0.717) is 12.0 Å². The number of nitrogens with zero attached hydrogens (tertiary/aromatic N) is 3. The number of hydrazone groups is 1. The molecule has 0 saturated carbocycles. The Morgan fingerprint density at radius 2 is 1.91 bits per heavy atom. The van der Waals surface area contributed by atoms with Gasteiger partial charge in [-0.3, -0.25) is 0 Å². The summed E-state index contributed by atoms with van der Waals surface area (Å²) >= 11 is 0. The van der Waals surface area contributed by atoms with Gasteiger partial charge in [-0.25, -0.2) is 14.2 Å². The van der Waals surface area contributed by atoms with Gasteiger partial charge in [-0.1, -0.05) is 24.3 Å². The lowest BCUT2D eigenvalue weighted by Gasteiger charge is -1.97. The molecule has 0 heterocycles. The highest BCUT2D eigenvalue weighted by molar-refractivity contribution is 5.84. The van der Waals surface area contributed by atoms with Crippen molar-refractivity contribution in [2.24, 2.45) is 21.0 Å². The molecule has 1 aromatic rings. The van der Waals surface area contributed by atoms with Crippen LogP contribution in [0.25, 0.3) is 0 Å². The minimum absolute atomic E-state index is 0.00824. The average Bonchev–Trinajstić information content (AvgIpc) is 2.74. The lowest BCUT2D eigenvalue weighted by atomic mass is 10.2. The second kappa shape index (κ2) is 8.38. The van der Waals surface area contributed by atoms with Crippen LogP contribution >= 0.6 is 0 Å². The summed E-state index contributed by atoms with van der Waals surface area (Å²) in [5.41, 5.74) is 9.58. The van der Waals surface area contributed by atoms with Gasteiger partial charge in [0.15, 0.2) is 0 Å². The summed E-state index contributed by atoms with van der Waals surface area (Å²) in [6.07, 6.45) is 9.59. The molecule has 7 heteroatoms. The minimum atomic E-state index is -0.321. The Labute approximate surface area is 132 Å². The number of guanidine groups is 1. The number of hydrogen-bond donors (Lipinski definition) is 2. The van der Waals surface area contributed by atoms with Crippen molar-refractivity contribution >= 4 is 18.4 Å². The normalized spacial score (nSPS) is 15.7. The molecule has 0 amide bonds. The highest BCUT2D eigenvalue weighted by Crippen LogP contribution is 2.10. The van der Waals surface area contributed by atoms with E-state index in [0.717, 1.165) is 5.57 Å². The molecule has 1 aliphatic carbocycles. The van der Waals surface area contributed by atoms with Gasteiger partial charge in [0, 0.05) is 0 Å². The maximum Gasteiger partial charge on any atom is 0.234 e. The van der Waals surface area contributed by atoms with Crippen molar-refractivity contribution in [1.82, 2.24) is 5.43 Å². The van der Waals surface area contributed by atoms with E-state index in [1.165, 1.54) is 36.7 Å². The van der Waals surface area contributed by atoms with Crippen LogP contribution in [0.5, 0.6) is 0 Å². The Morgan fingerprint density at radius 1 is 1.13 bits per heavy atom. The van der Waals surface area contributed by atoms with Crippen molar-refractivity contribution < 1.29 is 8.78 Å². The molecule has 0 spiro atoms. The number of rotatable bonds is 4. The quantitative estimate of drug-likeness (QED) is 0.509. The van der Waals surface area contributed by atoms with Gasteiger partial charge in [0.1, 0.15) is 11.6 Å². The van der Waals surface area contributed by atoms with Gasteiger partial charge in [-0.2, -0.15) is 10.2 Å². The number of hydrogen-bond acceptors (Lipinski definition) is 3. The van der Waals surface area contributed by atoms with Crippen molar-refractivity contribution in [3.63, 3.8) is 0 Å². The van der Waals surface area contributed by atoms with Crippen LogP contribution in [0.4, 0.5) is 8.78 Å². The van der Waals surface area contributed by atoms with Gasteiger partial charge in [0.2, 0.25) is 5.96 Å². The SMILES string of the molecule is NC(=N/N=C/c1ccc(F)cc1)N/N=C/C1=CC=C(F)C=CC1. The van der Waals surface area contributed by atoms with Crippen LogP contribution in [0.2, 0.25) is 0 Å². The molecule has 118 valence electrons. The van der Waals surface area contributed by atoms with E-state index in [1.807, 2.05) is 0 Å². The predicted octanol–water partition coefficient (Wildman–Crippen LogP) is 2.79. The summed E-state index contributed by atoms with van der Waals surface area (Å²) in [6.45, 7) is 0. The highest BCUT2D eigenvalue weighted by Gasteiger charge is 1.96. The maximum atomic E-state index is 13.0. The number of allylic oxidation sites excluding steroid dienone is 6. The van der Waals surface area contributed by atoms with Crippen LogP contribution in [-0.4, -0.2) is 18.4 Å². The minimum Gasteiger partial charge on any atom is -0.367 e. The first-order chi connectivity index (χ1) is 11.1. The van der Waals surface area contributed by atoms with Crippen molar-refractivity contribution in [1.29, 1.82) is 0 Å². The fourth-order valence-electron chi connectivity index (χ4n) is 1.62. The first-order valence-corrected chi connectivity index (χ1v) is 6.77. The highest BCUT2D eigenvalue weighted by atomic mass is 19.1. The van der Waals surface area contributed by atoms with Gasteiger partial charge in [0.05, 0.1) is 12.4 Å². The summed E-state index contributed by atoms with van der Waals surface area (Å²) in [4.78, 5) is 0. The van der Waals surface area contributed by atoms with Crippen LogP contribution in [0.1, 0.15) is 12.0 Å². The zero-order valence-corrected chi connectivity index (χ0v) is 12.2. The van der Waals surface area contributed by atoms with Gasteiger partial charge >= 0.3 is 0 Å². The average molecular weight is 315 g/mol. The second-order valence-corrected chi connectivity index (χ2v) is 4.55. The van der Waals surface area contributed by atoms with Gasteiger partial charge in [0.25, 0.3) is 0 Å². The molecule has 0 atom stereocenters. The van der Waals surface area contributed by atoms with Crippen molar-refractivity contribution in [3.8, 4) is 0 Å². The fourth-order valence-corrected chi connectivity index (χ4v) is 1.62. The molecule has 0 aromatic heterocycles. The zero-order valence-electron chi connectivity index (χ0n) is 12.2. The summed E-state index contributed by atoms with van der Waals surface area (Å²) in [6, 6.07) is 5.77. The lowest BCUT2D eigenvalue weighted by Crippen LogP contribution is -2.26. The molecule has 0 saturated heterocycles. The Bertz CT molecular complexity index is 712. The Hall–Kier alpha value is -3.09. The predicted molar refractivity (Wildman–Crippen MR) is 88.3 cm³/mol. The second-order valence-electron chi connectivity index (χ2n) is 4.55. The van der Waals surface area contributed by atoms with E-state index >= 15 is 0 Å². The van der Waals surface area contributed by atoms with E-state index in [2.05, 4.69) is 20.7 Å². The third-order valence-electron chi connectivity index (χ3n) is 2.74. The molecule has 1 aromatic carbocycles. The standard InChI is InChI=1S/C16H15F2N5/c17-14-3-1-2-12(4-7-14)10-20-22-16(19)23-21-11-13-5-8-15(18)9-6-13/h1,3-11H,2H2,(H3,19,22,23)/b20-10+,21-11+. The first-order valence-electron chi connectivity index (χ1n) is 6.77.